The van der Waals surface area contributed by atoms with Crippen LogP contribution >= 0.6 is 0 Å². The molecule has 0 spiro atoms. The fourth-order valence-corrected chi connectivity index (χ4v) is 2.23. The highest BCUT2D eigenvalue weighted by Gasteiger charge is 2.25. The molecule has 0 radical (unpaired) electrons. The predicted molar refractivity (Wildman–Crippen MR) is 76.6 cm³/mol. The van der Waals surface area contributed by atoms with Crippen LogP contribution in [0.25, 0.3) is 0 Å². The Labute approximate surface area is 115 Å². The van der Waals surface area contributed by atoms with Gasteiger partial charge in [0.2, 0.25) is 5.91 Å². The van der Waals surface area contributed by atoms with Crippen molar-refractivity contribution >= 4 is 5.91 Å². The molecule has 0 saturated carbocycles. The number of rotatable bonds is 6. The summed E-state index contributed by atoms with van der Waals surface area (Å²) in [7, 11) is 0. The van der Waals surface area contributed by atoms with E-state index in [9.17, 15) is 4.79 Å². The van der Waals surface area contributed by atoms with E-state index >= 15 is 0 Å². The third kappa shape index (κ3) is 4.10. The Bertz CT molecular complexity index is 434. The van der Waals surface area contributed by atoms with Crippen molar-refractivity contribution in [3.8, 4) is 6.07 Å². The summed E-state index contributed by atoms with van der Waals surface area (Å²) in [6.07, 6.45) is 1.16. The van der Waals surface area contributed by atoms with Gasteiger partial charge in [-0.2, -0.15) is 5.26 Å². The van der Waals surface area contributed by atoms with Gasteiger partial charge in [0, 0.05) is 12.6 Å². The van der Waals surface area contributed by atoms with Crippen molar-refractivity contribution in [2.45, 2.75) is 45.6 Å². The molecule has 1 unspecified atom stereocenters. The normalized spacial score (nSPS) is 11.9. The summed E-state index contributed by atoms with van der Waals surface area (Å²) in [5.74, 6) is 0.0150. The fourth-order valence-electron chi connectivity index (χ4n) is 2.23. The summed E-state index contributed by atoms with van der Waals surface area (Å²) in [6, 6.07) is 12.1. The van der Waals surface area contributed by atoms with E-state index < -0.39 is 0 Å². The second-order valence-corrected chi connectivity index (χ2v) is 4.91. The molecule has 0 N–H and O–H groups in total. The minimum Gasteiger partial charge on any atom is -0.339 e. The van der Waals surface area contributed by atoms with Gasteiger partial charge in [0.1, 0.15) is 0 Å². The van der Waals surface area contributed by atoms with Gasteiger partial charge in [-0.15, -0.1) is 0 Å². The molecular formula is C16H22N2O. The predicted octanol–water partition coefficient (Wildman–Crippen LogP) is 3.33. The molecule has 0 fully saturated rings. The van der Waals surface area contributed by atoms with Crippen molar-refractivity contribution in [1.29, 1.82) is 5.26 Å². The molecule has 0 aliphatic carbocycles. The van der Waals surface area contributed by atoms with Crippen molar-refractivity contribution in [1.82, 2.24) is 4.90 Å². The fraction of sp³-hybridized carbons (Fsp3) is 0.500. The van der Waals surface area contributed by atoms with Crippen LogP contribution in [0.3, 0.4) is 0 Å². The molecule has 0 aromatic heterocycles. The number of hydrogen-bond acceptors (Lipinski definition) is 2. The molecule has 0 bridgehead atoms. The Morgan fingerprint density at radius 3 is 2.42 bits per heavy atom. The minimum absolute atomic E-state index is 0.109. The SMILES string of the molecule is CCC(C(=O)N(CCC#N)C(C)C)c1ccccc1. The van der Waals surface area contributed by atoms with Crippen molar-refractivity contribution in [3.05, 3.63) is 35.9 Å². The lowest BCUT2D eigenvalue weighted by Gasteiger charge is -2.30. The molecule has 1 amide bonds. The Morgan fingerprint density at radius 2 is 1.95 bits per heavy atom. The molecular weight excluding hydrogens is 236 g/mol. The van der Waals surface area contributed by atoms with E-state index in [-0.39, 0.29) is 17.9 Å². The first-order valence-corrected chi connectivity index (χ1v) is 6.84. The van der Waals surface area contributed by atoms with Gasteiger partial charge in [0.15, 0.2) is 0 Å². The van der Waals surface area contributed by atoms with E-state index in [1.165, 1.54) is 0 Å². The smallest absolute Gasteiger partial charge is 0.230 e. The van der Waals surface area contributed by atoms with Crippen LogP contribution in [0.1, 0.15) is 45.1 Å². The number of carbonyl (C=O) groups excluding carboxylic acids is 1. The molecule has 102 valence electrons. The zero-order valence-electron chi connectivity index (χ0n) is 12.0. The van der Waals surface area contributed by atoms with Gasteiger partial charge in [-0.3, -0.25) is 4.79 Å². The Kier molecular flexibility index (Phi) is 6.08. The van der Waals surface area contributed by atoms with Crippen LogP contribution in [0.5, 0.6) is 0 Å². The monoisotopic (exact) mass is 258 g/mol. The van der Waals surface area contributed by atoms with Crippen molar-refractivity contribution < 1.29 is 4.79 Å². The van der Waals surface area contributed by atoms with E-state index in [1.54, 1.807) is 0 Å². The van der Waals surface area contributed by atoms with Crippen LogP contribution in [-0.4, -0.2) is 23.4 Å². The molecule has 3 heteroatoms. The highest BCUT2D eigenvalue weighted by atomic mass is 16.2. The number of carbonyl (C=O) groups is 1. The van der Waals surface area contributed by atoms with E-state index in [4.69, 9.17) is 5.26 Å². The number of amides is 1. The third-order valence-electron chi connectivity index (χ3n) is 3.28. The summed E-state index contributed by atoms with van der Waals surface area (Å²) in [6.45, 7) is 6.52. The summed E-state index contributed by atoms with van der Waals surface area (Å²) in [5.41, 5.74) is 1.05. The van der Waals surface area contributed by atoms with Gasteiger partial charge >= 0.3 is 0 Å². The molecule has 0 aliphatic heterocycles. The molecule has 19 heavy (non-hydrogen) atoms. The summed E-state index contributed by atoms with van der Waals surface area (Å²) in [5, 5.41) is 8.70. The van der Waals surface area contributed by atoms with Crippen LogP contribution in [-0.2, 0) is 4.79 Å². The molecule has 1 aromatic carbocycles. The van der Waals surface area contributed by atoms with Gasteiger partial charge in [-0.05, 0) is 25.8 Å². The zero-order chi connectivity index (χ0) is 14.3. The first-order valence-electron chi connectivity index (χ1n) is 6.84. The molecule has 3 nitrogen and oxygen atoms in total. The average molecular weight is 258 g/mol. The Balaban J connectivity index is 2.90. The van der Waals surface area contributed by atoms with Crippen LogP contribution in [0.15, 0.2) is 30.3 Å². The van der Waals surface area contributed by atoms with E-state index in [1.807, 2.05) is 56.0 Å². The number of nitrogens with zero attached hydrogens (tertiary/aromatic N) is 2. The summed E-state index contributed by atoms with van der Waals surface area (Å²) >= 11 is 0. The molecule has 0 heterocycles. The molecule has 0 aliphatic rings. The quantitative estimate of drug-likeness (QED) is 0.785. The van der Waals surface area contributed by atoms with Gasteiger partial charge in [0.25, 0.3) is 0 Å². The third-order valence-corrected chi connectivity index (χ3v) is 3.28. The van der Waals surface area contributed by atoms with Crippen molar-refractivity contribution in [2.75, 3.05) is 6.54 Å². The first-order chi connectivity index (χ1) is 9.11. The van der Waals surface area contributed by atoms with E-state index in [0.29, 0.717) is 13.0 Å². The number of nitriles is 1. The van der Waals surface area contributed by atoms with Crippen LogP contribution in [0, 0.1) is 11.3 Å². The maximum absolute atomic E-state index is 12.6. The molecule has 1 rings (SSSR count). The summed E-state index contributed by atoms with van der Waals surface area (Å²) in [4.78, 5) is 14.4. The lowest BCUT2D eigenvalue weighted by molar-refractivity contribution is -0.134. The van der Waals surface area contributed by atoms with Crippen LogP contribution < -0.4 is 0 Å². The zero-order valence-corrected chi connectivity index (χ0v) is 12.0. The molecule has 0 saturated heterocycles. The highest BCUT2D eigenvalue weighted by molar-refractivity contribution is 5.84. The van der Waals surface area contributed by atoms with Gasteiger partial charge in [-0.25, -0.2) is 0 Å². The van der Waals surface area contributed by atoms with Crippen LogP contribution in [0.2, 0.25) is 0 Å². The number of benzene rings is 1. The standard InChI is InChI=1S/C16H22N2O/c1-4-15(14-9-6-5-7-10-14)16(19)18(13(2)3)12-8-11-17/h5-7,9-10,13,15H,4,8,12H2,1-3H3. The van der Waals surface area contributed by atoms with Crippen LogP contribution in [0.4, 0.5) is 0 Å². The second kappa shape index (κ2) is 7.58. The molecule has 1 aromatic rings. The van der Waals surface area contributed by atoms with Gasteiger partial charge < -0.3 is 4.90 Å². The first kappa shape index (κ1) is 15.2. The highest BCUT2D eigenvalue weighted by Crippen LogP contribution is 2.23. The second-order valence-electron chi connectivity index (χ2n) is 4.91. The van der Waals surface area contributed by atoms with Gasteiger partial charge in [-0.1, -0.05) is 37.3 Å². The maximum atomic E-state index is 12.6. The Morgan fingerprint density at radius 1 is 1.32 bits per heavy atom. The van der Waals surface area contributed by atoms with Crippen molar-refractivity contribution in [3.63, 3.8) is 0 Å². The topological polar surface area (TPSA) is 44.1 Å². The largest absolute Gasteiger partial charge is 0.339 e. The number of hydrogen-bond donors (Lipinski definition) is 0. The molecule has 1 atom stereocenters. The Hall–Kier alpha value is -1.82. The minimum atomic E-state index is -0.109. The van der Waals surface area contributed by atoms with E-state index in [2.05, 4.69) is 6.07 Å². The maximum Gasteiger partial charge on any atom is 0.230 e. The van der Waals surface area contributed by atoms with Gasteiger partial charge in [0.05, 0.1) is 18.4 Å². The lowest BCUT2D eigenvalue weighted by Crippen LogP contribution is -2.40. The van der Waals surface area contributed by atoms with E-state index in [0.717, 1.165) is 12.0 Å². The van der Waals surface area contributed by atoms with Crippen molar-refractivity contribution in [2.24, 2.45) is 0 Å². The lowest BCUT2D eigenvalue weighted by atomic mass is 9.94. The average Bonchev–Trinajstić information content (AvgIpc) is 2.41. The summed E-state index contributed by atoms with van der Waals surface area (Å²) < 4.78 is 0.